The second-order valence-corrected chi connectivity index (χ2v) is 15.8. The van der Waals surface area contributed by atoms with Crippen molar-refractivity contribution in [1.29, 1.82) is 0 Å². The SMILES string of the molecule is COc1ccc([C@H]2C[C@@]3(C)[C@@H](CC[C@@]3(O)C#CCOC3CCCCO3)[C@@H]3CC[C@@]4(O)CC5(CCC4=C32)OCC(C)(C)CO5)cc1. The standard InChI is InChI=1S/C38H52O7/c1-34(2)24-44-38(45-25-34)19-15-31-33-28(13-17-36(31,39)23-38)30-14-18-37(40,16-7-21-43-32-8-5-6-20-42-32)35(30,3)22-29(33)26-9-11-27(41-4)12-10-26/h9-12,28-30,32,39-40H,5-6,8,13-15,17-25H2,1-4H3/t28-,29+,30-,32?,35-,36+,37-/m0/s1. The highest BCUT2D eigenvalue weighted by molar-refractivity contribution is 5.45. The Kier molecular flexibility index (Phi) is 8.20. The summed E-state index contributed by atoms with van der Waals surface area (Å²) in [5.41, 5.74) is 1.35. The van der Waals surface area contributed by atoms with E-state index in [1.54, 1.807) is 7.11 Å². The number of benzene rings is 1. The van der Waals surface area contributed by atoms with E-state index in [-0.39, 0.29) is 30.1 Å². The van der Waals surface area contributed by atoms with E-state index in [1.165, 1.54) is 16.7 Å². The number of fused-ring (bicyclic) bond motifs is 4. The highest BCUT2D eigenvalue weighted by atomic mass is 16.7. The van der Waals surface area contributed by atoms with E-state index in [9.17, 15) is 10.2 Å². The van der Waals surface area contributed by atoms with Crippen molar-refractivity contribution in [2.24, 2.45) is 22.7 Å². The number of methoxy groups -OCH3 is 1. The molecule has 2 N–H and O–H groups in total. The largest absolute Gasteiger partial charge is 0.497 e. The zero-order valence-electron chi connectivity index (χ0n) is 27.7. The van der Waals surface area contributed by atoms with Crippen LogP contribution in [-0.2, 0) is 18.9 Å². The average Bonchev–Trinajstić information content (AvgIpc) is 3.30. The van der Waals surface area contributed by atoms with Gasteiger partial charge in [-0.05, 0) is 92.9 Å². The molecule has 0 bridgehead atoms. The fourth-order valence-corrected chi connectivity index (χ4v) is 9.76. The number of aliphatic hydroxyl groups is 2. The van der Waals surface area contributed by atoms with Crippen molar-refractivity contribution in [3.8, 4) is 17.6 Å². The van der Waals surface area contributed by atoms with E-state index in [0.717, 1.165) is 63.7 Å². The van der Waals surface area contributed by atoms with Gasteiger partial charge in [-0.3, -0.25) is 0 Å². The third-order valence-corrected chi connectivity index (χ3v) is 12.3. The van der Waals surface area contributed by atoms with E-state index in [4.69, 9.17) is 23.7 Å². The molecular weight excluding hydrogens is 568 g/mol. The van der Waals surface area contributed by atoms with Crippen molar-refractivity contribution >= 4 is 0 Å². The van der Waals surface area contributed by atoms with Crippen molar-refractivity contribution in [2.75, 3.05) is 33.5 Å². The Balaban J connectivity index is 1.21. The van der Waals surface area contributed by atoms with Gasteiger partial charge in [0.2, 0.25) is 0 Å². The lowest BCUT2D eigenvalue weighted by Crippen LogP contribution is -2.58. The van der Waals surface area contributed by atoms with Gasteiger partial charge in [0.05, 0.1) is 25.9 Å². The lowest BCUT2D eigenvalue weighted by molar-refractivity contribution is -0.322. The van der Waals surface area contributed by atoms with Crippen molar-refractivity contribution in [2.45, 2.75) is 121 Å². The van der Waals surface area contributed by atoms with Crippen LogP contribution in [0, 0.1) is 34.5 Å². The maximum Gasteiger partial charge on any atom is 0.171 e. The first-order chi connectivity index (χ1) is 21.5. The van der Waals surface area contributed by atoms with Crippen LogP contribution in [0.5, 0.6) is 5.75 Å². The quantitative estimate of drug-likeness (QED) is 0.303. The Labute approximate surface area is 269 Å². The van der Waals surface area contributed by atoms with Gasteiger partial charge in [-0.2, -0.15) is 0 Å². The molecule has 1 spiro atoms. The Morgan fingerprint density at radius 3 is 2.44 bits per heavy atom. The highest BCUT2D eigenvalue weighted by Gasteiger charge is 2.64. The maximum atomic E-state index is 12.4. The molecule has 2 saturated heterocycles. The van der Waals surface area contributed by atoms with Crippen LogP contribution in [0.15, 0.2) is 35.4 Å². The lowest BCUT2D eigenvalue weighted by Gasteiger charge is -2.58. The summed E-state index contributed by atoms with van der Waals surface area (Å²) in [6.07, 6.45) is 8.85. The predicted molar refractivity (Wildman–Crippen MR) is 170 cm³/mol. The van der Waals surface area contributed by atoms with Gasteiger partial charge in [-0.25, -0.2) is 0 Å². The monoisotopic (exact) mass is 620 g/mol. The third-order valence-electron chi connectivity index (χ3n) is 12.3. The molecule has 0 aromatic heterocycles. The molecule has 2 aliphatic heterocycles. The molecule has 7 rings (SSSR count). The fourth-order valence-electron chi connectivity index (χ4n) is 9.76. The zero-order valence-corrected chi connectivity index (χ0v) is 27.7. The van der Waals surface area contributed by atoms with Crippen molar-refractivity contribution in [3.05, 3.63) is 41.0 Å². The summed E-state index contributed by atoms with van der Waals surface area (Å²) in [4.78, 5) is 0. The number of hydrogen-bond acceptors (Lipinski definition) is 7. The third kappa shape index (κ3) is 5.58. The molecule has 6 aliphatic rings. The number of rotatable bonds is 4. The number of ether oxygens (including phenoxy) is 5. The molecule has 45 heavy (non-hydrogen) atoms. The fraction of sp³-hybridized carbons (Fsp3) is 0.737. The summed E-state index contributed by atoms with van der Waals surface area (Å²) in [7, 11) is 1.69. The van der Waals surface area contributed by atoms with Gasteiger partial charge in [0.25, 0.3) is 0 Å². The highest BCUT2D eigenvalue weighted by Crippen LogP contribution is 2.68. The molecule has 7 nitrogen and oxygen atoms in total. The van der Waals surface area contributed by atoms with E-state index >= 15 is 0 Å². The normalized spacial score (nSPS) is 40.1. The molecule has 246 valence electrons. The summed E-state index contributed by atoms with van der Waals surface area (Å²) >= 11 is 0. The minimum Gasteiger partial charge on any atom is -0.497 e. The minimum atomic E-state index is -1.10. The first kappa shape index (κ1) is 31.7. The molecule has 0 radical (unpaired) electrons. The average molecular weight is 621 g/mol. The minimum absolute atomic E-state index is 0.0184. The Morgan fingerprint density at radius 1 is 0.956 bits per heavy atom. The molecular formula is C38H52O7. The molecule has 1 unspecified atom stereocenters. The molecule has 7 heteroatoms. The maximum absolute atomic E-state index is 12.4. The molecule has 0 amide bonds. The topological polar surface area (TPSA) is 86.6 Å². The smallest absolute Gasteiger partial charge is 0.171 e. The summed E-state index contributed by atoms with van der Waals surface area (Å²) < 4.78 is 30.0. The molecule has 2 heterocycles. The molecule has 1 aromatic rings. The molecule has 3 saturated carbocycles. The molecule has 1 aromatic carbocycles. The van der Waals surface area contributed by atoms with Crippen LogP contribution in [0.2, 0.25) is 0 Å². The molecule has 7 atom stereocenters. The van der Waals surface area contributed by atoms with Crippen molar-refractivity contribution < 1.29 is 33.9 Å². The van der Waals surface area contributed by atoms with E-state index < -0.39 is 22.4 Å². The van der Waals surface area contributed by atoms with Crippen LogP contribution in [-0.4, -0.2) is 67.0 Å². The van der Waals surface area contributed by atoms with Crippen LogP contribution in [0.25, 0.3) is 0 Å². The summed E-state index contributed by atoms with van der Waals surface area (Å²) in [5.74, 6) is 7.31. The van der Waals surface area contributed by atoms with Gasteiger partial charge in [-0.15, -0.1) is 0 Å². The molecule has 4 aliphatic carbocycles. The Hall–Kier alpha value is -1.92. The Bertz CT molecular complexity index is 1340. The first-order valence-electron chi connectivity index (χ1n) is 17.3. The van der Waals surface area contributed by atoms with Crippen LogP contribution in [0.1, 0.15) is 103 Å². The van der Waals surface area contributed by atoms with Crippen molar-refractivity contribution in [1.82, 2.24) is 0 Å². The predicted octanol–water partition coefficient (Wildman–Crippen LogP) is 6.27. The summed E-state index contributed by atoms with van der Waals surface area (Å²) in [6, 6.07) is 8.41. The zero-order chi connectivity index (χ0) is 31.5. The van der Waals surface area contributed by atoms with E-state index in [1.807, 2.05) is 12.1 Å². The number of hydrogen-bond donors (Lipinski definition) is 2. The van der Waals surface area contributed by atoms with Gasteiger partial charge in [0, 0.05) is 36.2 Å². The first-order valence-corrected chi connectivity index (χ1v) is 17.3. The van der Waals surface area contributed by atoms with Crippen LogP contribution >= 0.6 is 0 Å². The van der Waals surface area contributed by atoms with Gasteiger partial charge < -0.3 is 33.9 Å². The second kappa shape index (κ2) is 11.6. The molecule has 5 fully saturated rings. The lowest BCUT2D eigenvalue weighted by atomic mass is 9.49. The summed E-state index contributed by atoms with van der Waals surface area (Å²) in [6.45, 7) is 8.90. The second-order valence-electron chi connectivity index (χ2n) is 15.8. The van der Waals surface area contributed by atoms with Crippen LogP contribution in [0.3, 0.4) is 0 Å². The van der Waals surface area contributed by atoms with Gasteiger partial charge in [0.1, 0.15) is 18.0 Å². The van der Waals surface area contributed by atoms with Gasteiger partial charge in [0.15, 0.2) is 12.1 Å². The van der Waals surface area contributed by atoms with Gasteiger partial charge >= 0.3 is 0 Å². The van der Waals surface area contributed by atoms with E-state index in [0.29, 0.717) is 38.4 Å². The van der Waals surface area contributed by atoms with Crippen molar-refractivity contribution in [3.63, 3.8) is 0 Å². The van der Waals surface area contributed by atoms with Gasteiger partial charge in [-0.1, -0.05) is 50.3 Å². The number of allylic oxidation sites excluding steroid dienone is 1. The van der Waals surface area contributed by atoms with Crippen LogP contribution in [0.4, 0.5) is 0 Å². The van der Waals surface area contributed by atoms with Crippen LogP contribution < -0.4 is 4.74 Å². The Morgan fingerprint density at radius 2 is 1.73 bits per heavy atom. The van der Waals surface area contributed by atoms with E-state index in [2.05, 4.69) is 44.7 Å². The summed E-state index contributed by atoms with van der Waals surface area (Å²) in [5, 5.41) is 24.8.